The lowest BCUT2D eigenvalue weighted by molar-refractivity contribution is 0.0958. The van der Waals surface area contributed by atoms with Crippen LogP contribution in [0.4, 0.5) is 5.69 Å². The second-order valence-electron chi connectivity index (χ2n) is 5.67. The number of carbonyl (C=O) groups excluding carboxylic acids is 1. The number of rotatable bonds is 6. The second-order valence-corrected chi connectivity index (χ2v) is 5.67. The van der Waals surface area contributed by atoms with Crippen LogP contribution in [0.2, 0.25) is 0 Å². The molecule has 1 atom stereocenters. The molecule has 1 aromatic heterocycles. The number of likely N-dealkylation sites (tertiary alicyclic amines) is 1. The Morgan fingerprint density at radius 2 is 2.33 bits per heavy atom. The van der Waals surface area contributed by atoms with Crippen molar-refractivity contribution in [2.45, 2.75) is 38.6 Å². The van der Waals surface area contributed by atoms with E-state index in [4.69, 9.17) is 0 Å². The highest BCUT2D eigenvalue weighted by Crippen LogP contribution is 2.16. The maximum Gasteiger partial charge on any atom is 0.269 e. The Balaban J connectivity index is 1.74. The van der Waals surface area contributed by atoms with Crippen LogP contribution in [0, 0.1) is 0 Å². The number of nitrogens with one attached hydrogen (secondary N) is 2. The molecule has 5 nitrogen and oxygen atoms in total. The van der Waals surface area contributed by atoms with E-state index in [2.05, 4.69) is 27.4 Å². The smallest absolute Gasteiger partial charge is 0.269 e. The number of hydrogen-bond acceptors (Lipinski definition) is 4. The number of amides is 1. The Morgan fingerprint density at radius 3 is 3.10 bits per heavy atom. The van der Waals surface area contributed by atoms with Gasteiger partial charge in [0.1, 0.15) is 5.69 Å². The van der Waals surface area contributed by atoms with E-state index < -0.39 is 0 Å². The van der Waals surface area contributed by atoms with Gasteiger partial charge in [-0.05, 0) is 44.9 Å². The molecule has 21 heavy (non-hydrogen) atoms. The summed E-state index contributed by atoms with van der Waals surface area (Å²) in [6, 6.07) is 4.41. The van der Waals surface area contributed by atoms with Crippen molar-refractivity contribution >= 4 is 11.6 Å². The van der Waals surface area contributed by atoms with E-state index >= 15 is 0 Å². The summed E-state index contributed by atoms with van der Waals surface area (Å²) in [6.45, 7) is 5.62. The van der Waals surface area contributed by atoms with Gasteiger partial charge in [-0.3, -0.25) is 9.78 Å². The van der Waals surface area contributed by atoms with Crippen molar-refractivity contribution in [1.29, 1.82) is 0 Å². The molecule has 2 N–H and O–H groups in total. The molecule has 1 amide bonds. The molecule has 0 radical (unpaired) electrons. The standard InChI is InChI=1S/C16H26N4O/c1-13-6-3-4-10-20(13)11-5-8-18-14-7-9-19-15(12-14)16(21)17-2/h7,9,12-13H,3-6,8,10-11H2,1-2H3,(H,17,21)(H,18,19). The largest absolute Gasteiger partial charge is 0.385 e. The van der Waals surface area contributed by atoms with Crippen molar-refractivity contribution in [2.24, 2.45) is 0 Å². The van der Waals surface area contributed by atoms with Crippen LogP contribution in [0.3, 0.4) is 0 Å². The molecule has 2 heterocycles. The van der Waals surface area contributed by atoms with Gasteiger partial charge in [-0.15, -0.1) is 0 Å². The molecule has 5 heteroatoms. The van der Waals surface area contributed by atoms with Crippen LogP contribution in [0.15, 0.2) is 18.3 Å². The first-order chi connectivity index (χ1) is 10.2. The molecule has 0 aromatic carbocycles. The fourth-order valence-electron chi connectivity index (χ4n) is 2.80. The quantitative estimate of drug-likeness (QED) is 0.788. The van der Waals surface area contributed by atoms with Crippen molar-refractivity contribution in [3.63, 3.8) is 0 Å². The Labute approximate surface area is 127 Å². The monoisotopic (exact) mass is 290 g/mol. The van der Waals surface area contributed by atoms with Gasteiger partial charge in [0, 0.05) is 38.1 Å². The predicted molar refractivity (Wildman–Crippen MR) is 85.6 cm³/mol. The normalized spacial score (nSPS) is 19.2. The van der Waals surface area contributed by atoms with Gasteiger partial charge in [0.05, 0.1) is 0 Å². The Hall–Kier alpha value is -1.62. The summed E-state index contributed by atoms with van der Waals surface area (Å²) >= 11 is 0. The molecule has 116 valence electrons. The zero-order valence-corrected chi connectivity index (χ0v) is 13.1. The van der Waals surface area contributed by atoms with Gasteiger partial charge < -0.3 is 15.5 Å². The van der Waals surface area contributed by atoms with Crippen LogP contribution in [0.5, 0.6) is 0 Å². The average Bonchev–Trinajstić information content (AvgIpc) is 2.52. The minimum Gasteiger partial charge on any atom is -0.385 e. The number of anilines is 1. The van der Waals surface area contributed by atoms with Crippen LogP contribution >= 0.6 is 0 Å². The highest BCUT2D eigenvalue weighted by molar-refractivity contribution is 5.92. The molecular formula is C16H26N4O. The lowest BCUT2D eigenvalue weighted by Crippen LogP contribution is -2.38. The average molecular weight is 290 g/mol. The maximum atomic E-state index is 11.5. The first-order valence-corrected chi connectivity index (χ1v) is 7.87. The topological polar surface area (TPSA) is 57.3 Å². The van der Waals surface area contributed by atoms with Crippen molar-refractivity contribution in [3.8, 4) is 0 Å². The van der Waals surface area contributed by atoms with Crippen LogP contribution < -0.4 is 10.6 Å². The van der Waals surface area contributed by atoms with Gasteiger partial charge in [0.25, 0.3) is 5.91 Å². The van der Waals surface area contributed by atoms with Crippen LogP contribution in [0.1, 0.15) is 43.1 Å². The number of nitrogens with zero attached hydrogens (tertiary/aromatic N) is 2. The molecule has 2 rings (SSSR count). The van der Waals surface area contributed by atoms with E-state index in [1.54, 1.807) is 19.3 Å². The summed E-state index contributed by atoms with van der Waals surface area (Å²) in [5, 5.41) is 5.96. The third-order valence-electron chi connectivity index (χ3n) is 4.11. The molecule has 1 fully saturated rings. The fourth-order valence-corrected chi connectivity index (χ4v) is 2.80. The van der Waals surface area contributed by atoms with Gasteiger partial charge >= 0.3 is 0 Å². The van der Waals surface area contributed by atoms with Crippen LogP contribution in [-0.4, -0.2) is 48.5 Å². The lowest BCUT2D eigenvalue weighted by Gasteiger charge is -2.33. The maximum absolute atomic E-state index is 11.5. The number of piperidine rings is 1. The summed E-state index contributed by atoms with van der Waals surface area (Å²) in [5.74, 6) is -0.152. The molecule has 0 aliphatic carbocycles. The number of hydrogen-bond donors (Lipinski definition) is 2. The van der Waals surface area contributed by atoms with Crippen LogP contribution in [0.25, 0.3) is 0 Å². The summed E-state index contributed by atoms with van der Waals surface area (Å²) in [6.07, 6.45) is 6.81. The summed E-state index contributed by atoms with van der Waals surface area (Å²) < 4.78 is 0. The SMILES string of the molecule is CNC(=O)c1cc(NCCCN2CCCCC2C)ccn1. The van der Waals surface area contributed by atoms with Crippen molar-refractivity contribution in [3.05, 3.63) is 24.0 Å². The summed E-state index contributed by atoms with van der Waals surface area (Å²) in [7, 11) is 1.61. The number of pyridine rings is 1. The van der Waals surface area contributed by atoms with Gasteiger partial charge in [0.15, 0.2) is 0 Å². The first-order valence-electron chi connectivity index (χ1n) is 7.87. The highest BCUT2D eigenvalue weighted by atomic mass is 16.1. The van der Waals surface area contributed by atoms with Crippen molar-refractivity contribution in [2.75, 3.05) is 32.0 Å². The molecular weight excluding hydrogens is 264 g/mol. The Bertz CT molecular complexity index is 463. The van der Waals surface area contributed by atoms with E-state index in [-0.39, 0.29) is 5.91 Å². The molecule has 0 spiro atoms. The molecule has 1 unspecified atom stereocenters. The van der Waals surface area contributed by atoms with E-state index in [1.807, 2.05) is 6.07 Å². The molecule has 1 saturated heterocycles. The van der Waals surface area contributed by atoms with Gasteiger partial charge in [0.2, 0.25) is 0 Å². The van der Waals surface area contributed by atoms with Gasteiger partial charge in [-0.2, -0.15) is 0 Å². The third kappa shape index (κ3) is 4.70. The van der Waals surface area contributed by atoms with E-state index in [1.165, 1.54) is 25.8 Å². The van der Waals surface area contributed by atoms with E-state index in [0.717, 1.165) is 31.2 Å². The zero-order chi connectivity index (χ0) is 15.1. The summed E-state index contributed by atoms with van der Waals surface area (Å²) in [5.41, 5.74) is 1.41. The number of aromatic nitrogens is 1. The molecule has 0 bridgehead atoms. The van der Waals surface area contributed by atoms with Crippen molar-refractivity contribution < 1.29 is 4.79 Å². The van der Waals surface area contributed by atoms with Gasteiger partial charge in [-0.25, -0.2) is 0 Å². The number of carbonyl (C=O) groups is 1. The van der Waals surface area contributed by atoms with Crippen molar-refractivity contribution in [1.82, 2.24) is 15.2 Å². The fraction of sp³-hybridized carbons (Fsp3) is 0.625. The molecule has 1 aromatic rings. The predicted octanol–water partition coefficient (Wildman–Crippen LogP) is 2.12. The molecule has 1 aliphatic rings. The van der Waals surface area contributed by atoms with Crippen LogP contribution in [-0.2, 0) is 0 Å². The first kappa shape index (κ1) is 15.8. The molecule has 0 saturated carbocycles. The third-order valence-corrected chi connectivity index (χ3v) is 4.11. The second kappa shape index (κ2) is 7.98. The van der Waals surface area contributed by atoms with E-state index in [0.29, 0.717) is 5.69 Å². The summed E-state index contributed by atoms with van der Waals surface area (Å²) in [4.78, 5) is 18.2. The lowest BCUT2D eigenvalue weighted by atomic mass is 10.0. The minimum atomic E-state index is -0.152. The Kier molecular flexibility index (Phi) is 5.99. The molecule has 1 aliphatic heterocycles. The van der Waals surface area contributed by atoms with Gasteiger partial charge in [-0.1, -0.05) is 6.42 Å². The van der Waals surface area contributed by atoms with E-state index in [9.17, 15) is 4.79 Å². The minimum absolute atomic E-state index is 0.152. The highest BCUT2D eigenvalue weighted by Gasteiger charge is 2.16. The zero-order valence-electron chi connectivity index (χ0n) is 13.1. The Morgan fingerprint density at radius 1 is 1.48 bits per heavy atom.